The van der Waals surface area contributed by atoms with Crippen molar-refractivity contribution in [3.63, 3.8) is 0 Å². The average Bonchev–Trinajstić information content (AvgIpc) is 2.39. The molecule has 0 saturated carbocycles. The summed E-state index contributed by atoms with van der Waals surface area (Å²) in [5.74, 6) is 0.117. The SMILES string of the molecule is C=C(CC(=O)c1ccc(Cl)cc1)Nc1cccc(O)c1. The number of phenolic OH excluding ortho intramolecular Hbond substituents is 1. The van der Waals surface area contributed by atoms with Gasteiger partial charge in [-0.3, -0.25) is 4.79 Å². The average molecular weight is 288 g/mol. The van der Waals surface area contributed by atoms with E-state index in [1.165, 1.54) is 0 Å². The fourth-order valence-corrected chi connectivity index (χ4v) is 1.89. The lowest BCUT2D eigenvalue weighted by Crippen LogP contribution is -2.06. The molecule has 0 aliphatic heterocycles. The number of nitrogens with one attached hydrogen (secondary N) is 1. The van der Waals surface area contributed by atoms with E-state index in [9.17, 15) is 9.90 Å². The maximum absolute atomic E-state index is 12.0. The number of carbonyl (C=O) groups excluding carboxylic acids is 1. The van der Waals surface area contributed by atoms with Crippen molar-refractivity contribution in [2.24, 2.45) is 0 Å². The first-order valence-electron chi connectivity index (χ1n) is 6.07. The summed E-state index contributed by atoms with van der Waals surface area (Å²) >= 11 is 5.78. The van der Waals surface area contributed by atoms with Crippen molar-refractivity contribution in [2.45, 2.75) is 6.42 Å². The molecular weight excluding hydrogens is 274 g/mol. The molecule has 0 bridgehead atoms. The van der Waals surface area contributed by atoms with Crippen molar-refractivity contribution >= 4 is 23.1 Å². The number of phenols is 1. The third kappa shape index (κ3) is 3.87. The summed E-state index contributed by atoms with van der Waals surface area (Å²) in [5.41, 5.74) is 1.85. The summed E-state index contributed by atoms with van der Waals surface area (Å²) in [6, 6.07) is 13.4. The van der Waals surface area contributed by atoms with Crippen molar-refractivity contribution in [2.75, 3.05) is 5.32 Å². The quantitative estimate of drug-likeness (QED) is 0.809. The highest BCUT2D eigenvalue weighted by Gasteiger charge is 2.08. The van der Waals surface area contributed by atoms with E-state index in [-0.39, 0.29) is 18.0 Å². The summed E-state index contributed by atoms with van der Waals surface area (Å²) < 4.78 is 0. The molecule has 0 atom stereocenters. The van der Waals surface area contributed by atoms with E-state index in [0.29, 0.717) is 22.0 Å². The number of ketones is 1. The molecule has 2 aromatic carbocycles. The Kier molecular flexibility index (Phi) is 4.43. The summed E-state index contributed by atoms with van der Waals surface area (Å²) in [4.78, 5) is 12.0. The fourth-order valence-electron chi connectivity index (χ4n) is 1.76. The Morgan fingerprint density at radius 3 is 2.55 bits per heavy atom. The standard InChI is InChI=1S/C16H14ClNO2/c1-11(18-14-3-2-4-15(19)10-14)9-16(20)12-5-7-13(17)8-6-12/h2-8,10,18-19H,1,9H2. The Bertz CT molecular complexity index is 635. The zero-order valence-electron chi connectivity index (χ0n) is 10.8. The molecule has 0 aliphatic carbocycles. The Hall–Kier alpha value is -2.26. The number of allylic oxidation sites excluding steroid dienone is 1. The molecule has 0 saturated heterocycles. The molecule has 2 aromatic rings. The van der Waals surface area contributed by atoms with Crippen molar-refractivity contribution in [3.8, 4) is 5.75 Å². The van der Waals surface area contributed by atoms with Gasteiger partial charge in [0.15, 0.2) is 5.78 Å². The number of Topliss-reactive ketones (excluding diaryl/α,β-unsaturated/α-hetero) is 1. The van der Waals surface area contributed by atoms with Crippen LogP contribution in [0.25, 0.3) is 0 Å². The van der Waals surface area contributed by atoms with E-state index < -0.39 is 0 Å². The Morgan fingerprint density at radius 2 is 1.90 bits per heavy atom. The lowest BCUT2D eigenvalue weighted by molar-refractivity contribution is 0.0993. The normalized spacial score (nSPS) is 10.1. The predicted molar refractivity (Wildman–Crippen MR) is 81.3 cm³/mol. The summed E-state index contributed by atoms with van der Waals surface area (Å²) in [7, 11) is 0. The largest absolute Gasteiger partial charge is 0.508 e. The van der Waals surface area contributed by atoms with Gasteiger partial charge in [-0.15, -0.1) is 0 Å². The van der Waals surface area contributed by atoms with E-state index in [4.69, 9.17) is 11.6 Å². The lowest BCUT2D eigenvalue weighted by atomic mass is 10.1. The predicted octanol–water partition coefficient (Wildman–Crippen LogP) is 4.24. The highest BCUT2D eigenvalue weighted by molar-refractivity contribution is 6.30. The first kappa shape index (κ1) is 14.2. The number of hydrogen-bond donors (Lipinski definition) is 2. The third-order valence-electron chi connectivity index (χ3n) is 2.71. The van der Waals surface area contributed by atoms with Crippen LogP contribution >= 0.6 is 11.6 Å². The van der Waals surface area contributed by atoms with E-state index in [1.54, 1.807) is 48.5 Å². The third-order valence-corrected chi connectivity index (χ3v) is 2.96. The minimum atomic E-state index is -0.0423. The molecule has 0 unspecified atom stereocenters. The lowest BCUT2D eigenvalue weighted by Gasteiger charge is -2.09. The smallest absolute Gasteiger partial charge is 0.168 e. The van der Waals surface area contributed by atoms with Gasteiger partial charge in [-0.25, -0.2) is 0 Å². The molecule has 3 nitrogen and oxygen atoms in total. The van der Waals surface area contributed by atoms with Crippen LogP contribution in [0.15, 0.2) is 60.8 Å². The molecule has 20 heavy (non-hydrogen) atoms. The molecular formula is C16H14ClNO2. The van der Waals surface area contributed by atoms with Gasteiger partial charge in [-0.1, -0.05) is 24.2 Å². The summed E-state index contributed by atoms with van der Waals surface area (Å²) in [6.07, 6.45) is 0.178. The van der Waals surface area contributed by atoms with Crippen molar-refractivity contribution in [1.82, 2.24) is 0 Å². The molecule has 0 spiro atoms. The maximum atomic E-state index is 12.0. The number of carbonyl (C=O) groups is 1. The molecule has 4 heteroatoms. The molecule has 0 amide bonds. The van der Waals surface area contributed by atoms with Crippen molar-refractivity contribution in [1.29, 1.82) is 0 Å². The fraction of sp³-hybridized carbons (Fsp3) is 0.0625. The van der Waals surface area contributed by atoms with Gasteiger partial charge in [0, 0.05) is 28.0 Å². The van der Waals surface area contributed by atoms with Gasteiger partial charge in [0.05, 0.1) is 6.42 Å². The molecule has 0 radical (unpaired) electrons. The second kappa shape index (κ2) is 6.26. The number of anilines is 1. The van der Waals surface area contributed by atoms with Crippen LogP contribution in [0.1, 0.15) is 16.8 Å². The van der Waals surface area contributed by atoms with Gasteiger partial charge < -0.3 is 10.4 Å². The first-order chi connectivity index (χ1) is 9.54. The molecule has 0 heterocycles. The Morgan fingerprint density at radius 1 is 1.20 bits per heavy atom. The van der Waals surface area contributed by atoms with Crippen LogP contribution < -0.4 is 5.32 Å². The van der Waals surface area contributed by atoms with Crippen LogP contribution in [0.4, 0.5) is 5.69 Å². The minimum Gasteiger partial charge on any atom is -0.508 e. The number of benzene rings is 2. The Labute approximate surface area is 122 Å². The van der Waals surface area contributed by atoms with Crippen LogP contribution in [0.5, 0.6) is 5.75 Å². The zero-order chi connectivity index (χ0) is 14.5. The van der Waals surface area contributed by atoms with Crippen LogP contribution in [-0.4, -0.2) is 10.9 Å². The number of halogens is 1. The van der Waals surface area contributed by atoms with Gasteiger partial charge in [0.1, 0.15) is 5.75 Å². The first-order valence-corrected chi connectivity index (χ1v) is 6.45. The van der Waals surface area contributed by atoms with Gasteiger partial charge >= 0.3 is 0 Å². The second-order valence-electron chi connectivity index (χ2n) is 4.39. The van der Waals surface area contributed by atoms with Crippen LogP contribution in [0.2, 0.25) is 5.02 Å². The molecule has 2 N–H and O–H groups in total. The molecule has 102 valence electrons. The van der Waals surface area contributed by atoms with E-state index in [2.05, 4.69) is 11.9 Å². The maximum Gasteiger partial charge on any atom is 0.168 e. The second-order valence-corrected chi connectivity index (χ2v) is 4.82. The number of aromatic hydroxyl groups is 1. The van der Waals surface area contributed by atoms with Gasteiger partial charge in [0.2, 0.25) is 0 Å². The minimum absolute atomic E-state index is 0.0423. The zero-order valence-corrected chi connectivity index (χ0v) is 11.5. The van der Waals surface area contributed by atoms with Gasteiger partial charge in [-0.05, 0) is 36.4 Å². The van der Waals surface area contributed by atoms with Gasteiger partial charge in [0.25, 0.3) is 0 Å². The molecule has 0 aliphatic rings. The topological polar surface area (TPSA) is 49.3 Å². The molecule has 0 fully saturated rings. The monoisotopic (exact) mass is 287 g/mol. The van der Waals surface area contributed by atoms with E-state index in [0.717, 1.165) is 0 Å². The number of rotatable bonds is 5. The summed E-state index contributed by atoms with van der Waals surface area (Å²) in [6.45, 7) is 3.82. The molecule has 0 aromatic heterocycles. The van der Waals surface area contributed by atoms with E-state index in [1.807, 2.05) is 0 Å². The molecule has 2 rings (SSSR count). The van der Waals surface area contributed by atoms with Gasteiger partial charge in [-0.2, -0.15) is 0 Å². The van der Waals surface area contributed by atoms with Crippen LogP contribution in [0.3, 0.4) is 0 Å². The highest BCUT2D eigenvalue weighted by atomic mass is 35.5. The number of hydrogen-bond acceptors (Lipinski definition) is 3. The Balaban J connectivity index is 1.97. The van der Waals surface area contributed by atoms with Crippen LogP contribution in [0, 0.1) is 0 Å². The van der Waals surface area contributed by atoms with Crippen molar-refractivity contribution < 1.29 is 9.90 Å². The highest BCUT2D eigenvalue weighted by Crippen LogP contribution is 2.19. The van der Waals surface area contributed by atoms with Crippen molar-refractivity contribution in [3.05, 3.63) is 71.4 Å². The van der Waals surface area contributed by atoms with Crippen LogP contribution in [-0.2, 0) is 0 Å². The summed E-state index contributed by atoms with van der Waals surface area (Å²) in [5, 5.41) is 13.0. The van der Waals surface area contributed by atoms with E-state index >= 15 is 0 Å².